The molecule has 0 aliphatic carbocycles. The number of hydrogen-bond acceptors (Lipinski definition) is 3. The van der Waals surface area contributed by atoms with E-state index in [4.69, 9.17) is 0 Å². The summed E-state index contributed by atoms with van der Waals surface area (Å²) in [4.78, 5) is 15.2. The molecule has 1 atom stereocenters. The van der Waals surface area contributed by atoms with Crippen LogP contribution < -0.4 is 5.32 Å². The van der Waals surface area contributed by atoms with E-state index in [9.17, 15) is 4.79 Å². The minimum atomic E-state index is -0.0281. The molecule has 1 aliphatic rings. The van der Waals surface area contributed by atoms with Crippen molar-refractivity contribution in [1.82, 2.24) is 20.0 Å². The van der Waals surface area contributed by atoms with Crippen LogP contribution in [0.15, 0.2) is 60.9 Å². The lowest BCUT2D eigenvalue weighted by Crippen LogP contribution is -2.43. The number of rotatable bonds is 6. The molecule has 0 bridgehead atoms. The number of aromatic nitrogens is 2. The van der Waals surface area contributed by atoms with Crippen molar-refractivity contribution >= 4 is 5.91 Å². The number of amides is 1. The van der Waals surface area contributed by atoms with Crippen LogP contribution in [0.5, 0.6) is 0 Å². The number of aryl methyl sites for hydroxylation is 1. The Morgan fingerprint density at radius 3 is 2.76 bits per heavy atom. The molecule has 1 aromatic heterocycles. The molecule has 0 radical (unpaired) electrons. The summed E-state index contributed by atoms with van der Waals surface area (Å²) in [6.07, 6.45) is 4.93. The number of nitrogens with zero attached hydrogens (tertiary/aromatic N) is 3. The predicted molar refractivity (Wildman–Crippen MR) is 116 cm³/mol. The van der Waals surface area contributed by atoms with Crippen molar-refractivity contribution in [3.8, 4) is 11.1 Å². The number of carbonyl (C=O) groups is 1. The second-order valence-corrected chi connectivity index (χ2v) is 7.79. The van der Waals surface area contributed by atoms with Crippen molar-refractivity contribution in [3.63, 3.8) is 0 Å². The van der Waals surface area contributed by atoms with Crippen molar-refractivity contribution in [3.05, 3.63) is 77.6 Å². The van der Waals surface area contributed by atoms with Crippen LogP contribution in [0.3, 0.4) is 0 Å². The van der Waals surface area contributed by atoms with E-state index in [-0.39, 0.29) is 11.9 Å². The van der Waals surface area contributed by atoms with E-state index < -0.39 is 0 Å². The largest absolute Gasteiger partial charge is 0.348 e. The highest BCUT2D eigenvalue weighted by Crippen LogP contribution is 2.21. The molecule has 1 amide bonds. The normalized spacial score (nSPS) is 15.0. The molecule has 0 unspecified atom stereocenters. The third-order valence-electron chi connectivity index (χ3n) is 5.53. The molecule has 150 valence electrons. The van der Waals surface area contributed by atoms with Crippen LogP contribution in [0.2, 0.25) is 0 Å². The zero-order valence-corrected chi connectivity index (χ0v) is 17.1. The van der Waals surface area contributed by atoms with Gasteiger partial charge in [-0.3, -0.25) is 14.4 Å². The Labute approximate surface area is 172 Å². The first-order valence-electron chi connectivity index (χ1n) is 10.3. The van der Waals surface area contributed by atoms with Gasteiger partial charge >= 0.3 is 0 Å². The van der Waals surface area contributed by atoms with Crippen molar-refractivity contribution in [2.45, 2.75) is 39.4 Å². The summed E-state index contributed by atoms with van der Waals surface area (Å²) in [6.45, 7) is 7.81. The van der Waals surface area contributed by atoms with Crippen molar-refractivity contribution < 1.29 is 4.79 Å². The van der Waals surface area contributed by atoms with E-state index in [1.54, 1.807) is 0 Å². The number of carbonyl (C=O) groups excluding carboxylic acids is 1. The molecule has 2 heterocycles. The monoisotopic (exact) mass is 388 g/mol. The van der Waals surface area contributed by atoms with Gasteiger partial charge in [0.05, 0.1) is 6.20 Å². The van der Waals surface area contributed by atoms with Gasteiger partial charge in [-0.2, -0.15) is 5.10 Å². The fourth-order valence-electron chi connectivity index (χ4n) is 3.98. The van der Waals surface area contributed by atoms with Crippen LogP contribution >= 0.6 is 0 Å². The Hall–Kier alpha value is -2.92. The van der Waals surface area contributed by atoms with E-state index in [1.165, 1.54) is 11.1 Å². The quantitative estimate of drug-likeness (QED) is 0.700. The molecule has 0 saturated heterocycles. The first kappa shape index (κ1) is 19.4. The first-order chi connectivity index (χ1) is 14.1. The molecule has 5 nitrogen and oxygen atoms in total. The van der Waals surface area contributed by atoms with Gasteiger partial charge in [0.15, 0.2) is 0 Å². The highest BCUT2D eigenvalue weighted by Gasteiger charge is 2.19. The molecule has 0 spiro atoms. The molecular formula is C24H28N4O. The standard InChI is InChI=1S/C24H28N4O/c1-3-28-17-23(14-25-28)20-9-6-10-21(13-20)24(29)26-18(2)15-27-12-11-19-7-4-5-8-22(19)16-27/h4-10,13-14,17-18H,3,11-12,15-16H2,1-2H3,(H,26,29)/t18-/m1/s1. The Balaban J connectivity index is 1.37. The lowest BCUT2D eigenvalue weighted by Gasteiger charge is -2.31. The lowest BCUT2D eigenvalue weighted by molar-refractivity contribution is 0.0927. The second kappa shape index (κ2) is 8.62. The maximum atomic E-state index is 12.8. The molecular weight excluding hydrogens is 360 g/mol. The van der Waals surface area contributed by atoms with Gasteiger partial charge in [-0.15, -0.1) is 0 Å². The Morgan fingerprint density at radius 2 is 1.97 bits per heavy atom. The van der Waals surface area contributed by atoms with E-state index in [2.05, 4.69) is 53.4 Å². The number of fused-ring (bicyclic) bond motifs is 1. The van der Waals surface area contributed by atoms with Crippen molar-refractivity contribution in [1.29, 1.82) is 0 Å². The highest BCUT2D eigenvalue weighted by molar-refractivity contribution is 5.95. The van der Waals surface area contributed by atoms with Gasteiger partial charge in [-0.05, 0) is 49.1 Å². The molecule has 29 heavy (non-hydrogen) atoms. The van der Waals surface area contributed by atoms with Crippen LogP contribution in [-0.4, -0.2) is 39.7 Å². The fourth-order valence-corrected chi connectivity index (χ4v) is 3.98. The Bertz CT molecular complexity index is 994. The zero-order valence-electron chi connectivity index (χ0n) is 17.1. The maximum Gasteiger partial charge on any atom is 0.251 e. The van der Waals surface area contributed by atoms with Crippen LogP contribution in [0.1, 0.15) is 35.3 Å². The fraction of sp³-hybridized carbons (Fsp3) is 0.333. The molecule has 2 aromatic carbocycles. The summed E-state index contributed by atoms with van der Waals surface area (Å²) in [7, 11) is 0. The minimum Gasteiger partial charge on any atom is -0.348 e. The van der Waals surface area contributed by atoms with Gasteiger partial charge in [-0.25, -0.2) is 0 Å². The van der Waals surface area contributed by atoms with Gasteiger partial charge in [-0.1, -0.05) is 36.4 Å². The average Bonchev–Trinajstić information content (AvgIpc) is 3.23. The van der Waals surface area contributed by atoms with E-state index in [0.717, 1.165) is 43.7 Å². The minimum absolute atomic E-state index is 0.0281. The van der Waals surface area contributed by atoms with E-state index >= 15 is 0 Å². The summed E-state index contributed by atoms with van der Waals surface area (Å²) >= 11 is 0. The van der Waals surface area contributed by atoms with Crippen LogP contribution in [-0.2, 0) is 19.5 Å². The number of hydrogen-bond donors (Lipinski definition) is 1. The molecule has 0 saturated carbocycles. The van der Waals surface area contributed by atoms with Crippen LogP contribution in [0.4, 0.5) is 0 Å². The third-order valence-corrected chi connectivity index (χ3v) is 5.53. The predicted octanol–water partition coefficient (Wildman–Crippen LogP) is 3.75. The Morgan fingerprint density at radius 1 is 1.14 bits per heavy atom. The Kier molecular flexibility index (Phi) is 5.76. The smallest absolute Gasteiger partial charge is 0.251 e. The summed E-state index contributed by atoms with van der Waals surface area (Å²) in [6, 6.07) is 16.5. The highest BCUT2D eigenvalue weighted by atomic mass is 16.1. The number of benzene rings is 2. The molecule has 1 aliphatic heterocycles. The van der Waals surface area contributed by atoms with Gasteiger partial charge in [0.2, 0.25) is 0 Å². The lowest BCUT2D eigenvalue weighted by atomic mass is 9.99. The summed E-state index contributed by atoms with van der Waals surface area (Å²) in [5, 5.41) is 7.49. The SMILES string of the molecule is CCn1cc(-c2cccc(C(=O)N[C@H](C)CN3CCc4ccccc4C3)c2)cn1. The summed E-state index contributed by atoms with van der Waals surface area (Å²) in [5.41, 5.74) is 5.57. The topological polar surface area (TPSA) is 50.2 Å². The number of nitrogens with one attached hydrogen (secondary N) is 1. The second-order valence-electron chi connectivity index (χ2n) is 7.79. The summed E-state index contributed by atoms with van der Waals surface area (Å²) < 4.78 is 1.89. The average molecular weight is 389 g/mol. The van der Waals surface area contributed by atoms with Crippen molar-refractivity contribution in [2.24, 2.45) is 0 Å². The molecule has 0 fully saturated rings. The molecule has 4 rings (SSSR count). The maximum absolute atomic E-state index is 12.8. The molecule has 1 N–H and O–H groups in total. The van der Waals surface area contributed by atoms with Gasteiger partial charge in [0.25, 0.3) is 5.91 Å². The van der Waals surface area contributed by atoms with Crippen LogP contribution in [0, 0.1) is 0 Å². The molecule has 3 aromatic rings. The van der Waals surface area contributed by atoms with Gasteiger partial charge in [0, 0.05) is 49.5 Å². The van der Waals surface area contributed by atoms with Gasteiger partial charge < -0.3 is 5.32 Å². The van der Waals surface area contributed by atoms with E-state index in [1.807, 2.05) is 41.3 Å². The van der Waals surface area contributed by atoms with E-state index in [0.29, 0.717) is 5.56 Å². The third kappa shape index (κ3) is 4.57. The zero-order chi connectivity index (χ0) is 20.2. The van der Waals surface area contributed by atoms with Crippen molar-refractivity contribution in [2.75, 3.05) is 13.1 Å². The molecule has 5 heteroatoms. The van der Waals surface area contributed by atoms with Crippen LogP contribution in [0.25, 0.3) is 11.1 Å². The van der Waals surface area contributed by atoms with Gasteiger partial charge in [0.1, 0.15) is 0 Å². The first-order valence-corrected chi connectivity index (χ1v) is 10.3. The summed E-state index contributed by atoms with van der Waals surface area (Å²) in [5.74, 6) is -0.0281.